The normalized spacial score (nSPS) is 12.0. The second-order valence-electron chi connectivity index (χ2n) is 7.04. The Morgan fingerprint density at radius 3 is 2.43 bits per heavy atom. The minimum Gasteiger partial charge on any atom is -0.394 e. The maximum atomic E-state index is 9.64. The van der Waals surface area contributed by atoms with Crippen LogP contribution in [0.15, 0.2) is 60.9 Å². The number of aliphatic hydroxyl groups is 1. The predicted octanol–water partition coefficient (Wildman–Crippen LogP) is 3.62. The van der Waals surface area contributed by atoms with Crippen molar-refractivity contribution in [1.29, 1.82) is 0 Å². The highest BCUT2D eigenvalue weighted by Gasteiger charge is 2.15. The van der Waals surface area contributed by atoms with Gasteiger partial charge in [0, 0.05) is 30.6 Å². The van der Waals surface area contributed by atoms with Gasteiger partial charge in [0.05, 0.1) is 18.3 Å². The number of hydrogen-bond donors (Lipinski definition) is 3. The zero-order valence-electron chi connectivity index (χ0n) is 16.3. The molecule has 0 aliphatic heterocycles. The van der Waals surface area contributed by atoms with Crippen molar-refractivity contribution in [2.45, 2.75) is 26.3 Å². The van der Waals surface area contributed by atoms with Crippen molar-refractivity contribution >= 4 is 11.8 Å². The van der Waals surface area contributed by atoms with Gasteiger partial charge < -0.3 is 15.7 Å². The minimum absolute atomic E-state index is 0.0292. The van der Waals surface area contributed by atoms with Crippen LogP contribution in [0.25, 0.3) is 11.3 Å². The molecule has 2 heterocycles. The standard InChI is InChI=1S/C22H27N5O/c1-16(2)20(15-28)26-22-25-19(18-6-4-3-5-7-18)14-21(27-22)24-13-10-17-8-11-23-12-9-17/h3-9,11-12,14,16,20,28H,10,13,15H2,1-2H3,(H2,24,25,26,27)/t20-/m0/s1. The molecule has 0 bridgehead atoms. The van der Waals surface area contributed by atoms with Crippen LogP contribution in [0.3, 0.4) is 0 Å². The molecule has 146 valence electrons. The van der Waals surface area contributed by atoms with E-state index in [0.717, 1.165) is 30.0 Å². The lowest BCUT2D eigenvalue weighted by Gasteiger charge is -2.20. The zero-order valence-corrected chi connectivity index (χ0v) is 16.3. The predicted molar refractivity (Wildman–Crippen MR) is 113 cm³/mol. The van der Waals surface area contributed by atoms with Gasteiger partial charge in [-0.25, -0.2) is 4.98 Å². The van der Waals surface area contributed by atoms with E-state index in [1.54, 1.807) is 12.4 Å². The maximum Gasteiger partial charge on any atom is 0.225 e. The molecule has 28 heavy (non-hydrogen) atoms. The second-order valence-corrected chi connectivity index (χ2v) is 7.04. The van der Waals surface area contributed by atoms with Crippen molar-refractivity contribution in [3.05, 3.63) is 66.5 Å². The average molecular weight is 377 g/mol. The smallest absolute Gasteiger partial charge is 0.225 e. The molecule has 0 amide bonds. The van der Waals surface area contributed by atoms with E-state index in [2.05, 4.69) is 39.4 Å². The number of nitrogens with one attached hydrogen (secondary N) is 2. The Morgan fingerprint density at radius 1 is 1.00 bits per heavy atom. The van der Waals surface area contributed by atoms with Gasteiger partial charge in [-0.15, -0.1) is 0 Å². The first-order valence-electron chi connectivity index (χ1n) is 9.60. The first-order chi connectivity index (χ1) is 13.7. The molecule has 0 spiro atoms. The van der Waals surface area contributed by atoms with Crippen molar-refractivity contribution in [2.75, 3.05) is 23.8 Å². The van der Waals surface area contributed by atoms with Crippen LogP contribution in [-0.4, -0.2) is 39.3 Å². The number of pyridine rings is 1. The van der Waals surface area contributed by atoms with Crippen LogP contribution in [0, 0.1) is 5.92 Å². The third-order valence-corrected chi connectivity index (χ3v) is 4.58. The van der Waals surface area contributed by atoms with Gasteiger partial charge in [0.2, 0.25) is 5.95 Å². The fourth-order valence-electron chi connectivity index (χ4n) is 2.83. The van der Waals surface area contributed by atoms with Gasteiger partial charge in [-0.2, -0.15) is 4.98 Å². The van der Waals surface area contributed by atoms with Crippen LogP contribution in [0.2, 0.25) is 0 Å². The number of aliphatic hydroxyl groups excluding tert-OH is 1. The van der Waals surface area contributed by atoms with Crippen molar-refractivity contribution in [3.63, 3.8) is 0 Å². The molecule has 3 aromatic rings. The Bertz CT molecular complexity index is 855. The summed E-state index contributed by atoms with van der Waals surface area (Å²) in [7, 11) is 0. The fourth-order valence-corrected chi connectivity index (χ4v) is 2.83. The Balaban J connectivity index is 1.80. The highest BCUT2D eigenvalue weighted by molar-refractivity contribution is 5.64. The molecule has 6 heteroatoms. The van der Waals surface area contributed by atoms with Crippen molar-refractivity contribution in [2.24, 2.45) is 5.92 Å². The van der Waals surface area contributed by atoms with Crippen LogP contribution in [-0.2, 0) is 6.42 Å². The van der Waals surface area contributed by atoms with E-state index in [1.807, 2.05) is 48.5 Å². The Labute approximate surface area is 166 Å². The highest BCUT2D eigenvalue weighted by Crippen LogP contribution is 2.22. The number of aromatic nitrogens is 3. The molecule has 6 nitrogen and oxygen atoms in total. The molecule has 3 N–H and O–H groups in total. The lowest BCUT2D eigenvalue weighted by Crippen LogP contribution is -2.30. The highest BCUT2D eigenvalue weighted by atomic mass is 16.3. The van der Waals surface area contributed by atoms with Crippen LogP contribution in [0.5, 0.6) is 0 Å². The monoisotopic (exact) mass is 377 g/mol. The van der Waals surface area contributed by atoms with Gasteiger partial charge in [0.25, 0.3) is 0 Å². The van der Waals surface area contributed by atoms with Crippen LogP contribution in [0.4, 0.5) is 11.8 Å². The van der Waals surface area contributed by atoms with E-state index in [9.17, 15) is 5.11 Å². The zero-order chi connectivity index (χ0) is 19.8. The van der Waals surface area contributed by atoms with E-state index in [1.165, 1.54) is 5.56 Å². The van der Waals surface area contributed by atoms with E-state index in [4.69, 9.17) is 0 Å². The Morgan fingerprint density at radius 2 is 1.75 bits per heavy atom. The van der Waals surface area contributed by atoms with E-state index in [0.29, 0.717) is 5.95 Å². The second kappa shape index (κ2) is 9.80. The molecule has 2 aromatic heterocycles. The average Bonchev–Trinajstić information content (AvgIpc) is 2.73. The van der Waals surface area contributed by atoms with Crippen molar-refractivity contribution in [3.8, 4) is 11.3 Å². The number of benzene rings is 1. The lowest BCUT2D eigenvalue weighted by atomic mass is 10.1. The SMILES string of the molecule is CC(C)[C@H](CO)Nc1nc(NCCc2ccncc2)cc(-c2ccccc2)n1. The van der Waals surface area contributed by atoms with Crippen LogP contribution in [0.1, 0.15) is 19.4 Å². The van der Waals surface area contributed by atoms with Crippen LogP contribution >= 0.6 is 0 Å². The van der Waals surface area contributed by atoms with Gasteiger partial charge in [-0.05, 0) is 30.0 Å². The summed E-state index contributed by atoms with van der Waals surface area (Å²) in [6.07, 6.45) is 4.48. The largest absolute Gasteiger partial charge is 0.394 e. The molecular formula is C22H27N5O. The van der Waals surface area contributed by atoms with Gasteiger partial charge in [-0.1, -0.05) is 44.2 Å². The first kappa shape index (κ1) is 19.8. The fraction of sp³-hybridized carbons (Fsp3) is 0.318. The third kappa shape index (κ3) is 5.50. The van der Waals surface area contributed by atoms with E-state index in [-0.39, 0.29) is 18.6 Å². The van der Waals surface area contributed by atoms with Gasteiger partial charge >= 0.3 is 0 Å². The summed E-state index contributed by atoms with van der Waals surface area (Å²) < 4.78 is 0. The third-order valence-electron chi connectivity index (χ3n) is 4.58. The summed E-state index contributed by atoms with van der Waals surface area (Å²) in [5, 5.41) is 16.3. The number of rotatable bonds is 9. The maximum absolute atomic E-state index is 9.64. The Hall–Kier alpha value is -2.99. The molecule has 0 saturated carbocycles. The van der Waals surface area contributed by atoms with E-state index < -0.39 is 0 Å². The molecule has 1 atom stereocenters. The molecule has 0 aliphatic rings. The molecule has 0 fully saturated rings. The summed E-state index contributed by atoms with van der Waals surface area (Å²) in [6.45, 7) is 4.90. The number of nitrogens with zero attached hydrogens (tertiary/aromatic N) is 3. The van der Waals surface area contributed by atoms with Gasteiger partial charge in [-0.3, -0.25) is 4.98 Å². The van der Waals surface area contributed by atoms with Crippen molar-refractivity contribution < 1.29 is 5.11 Å². The first-order valence-corrected chi connectivity index (χ1v) is 9.60. The topological polar surface area (TPSA) is 83.0 Å². The molecule has 3 rings (SSSR count). The van der Waals surface area contributed by atoms with Gasteiger partial charge in [0.1, 0.15) is 5.82 Å². The minimum atomic E-state index is -0.101. The van der Waals surface area contributed by atoms with Gasteiger partial charge in [0.15, 0.2) is 0 Å². The molecular weight excluding hydrogens is 350 g/mol. The molecule has 1 aromatic carbocycles. The summed E-state index contributed by atoms with van der Waals surface area (Å²) in [5.41, 5.74) is 3.08. The summed E-state index contributed by atoms with van der Waals surface area (Å²) >= 11 is 0. The number of hydrogen-bond acceptors (Lipinski definition) is 6. The Kier molecular flexibility index (Phi) is 6.92. The van der Waals surface area contributed by atoms with Crippen molar-refractivity contribution in [1.82, 2.24) is 15.0 Å². The summed E-state index contributed by atoms with van der Waals surface area (Å²) in [4.78, 5) is 13.3. The van der Waals surface area contributed by atoms with E-state index >= 15 is 0 Å². The molecule has 0 saturated heterocycles. The van der Waals surface area contributed by atoms with Crippen LogP contribution < -0.4 is 10.6 Å². The molecule has 0 radical (unpaired) electrons. The molecule has 0 unspecified atom stereocenters. The summed E-state index contributed by atoms with van der Waals surface area (Å²) in [6, 6.07) is 15.9. The lowest BCUT2D eigenvalue weighted by molar-refractivity contribution is 0.248. The number of anilines is 2. The quantitative estimate of drug-likeness (QED) is 0.528. The summed E-state index contributed by atoms with van der Waals surface area (Å²) in [5.74, 6) is 1.53. The molecule has 0 aliphatic carbocycles.